The first-order chi connectivity index (χ1) is 6.57. The molecule has 14 heavy (non-hydrogen) atoms. The predicted octanol–water partition coefficient (Wildman–Crippen LogP) is 2.21. The van der Waals surface area contributed by atoms with Crippen LogP contribution in [0.2, 0.25) is 0 Å². The molecular weight excluding hydrogens is 178 g/mol. The SMILES string of the molecule is C/C=C(/C(C)=O)c1cc[nH]c1C(C)=O. The standard InChI is InChI=1S/C11H13NO2/c1-4-9(7(2)13)10-5-6-12-11(10)8(3)14/h4-6,12H,1-3H3/b9-4-. The molecule has 0 aliphatic rings. The molecule has 3 heteroatoms. The van der Waals surface area contributed by atoms with Crippen LogP contribution in [0, 0.1) is 0 Å². The van der Waals surface area contributed by atoms with Crippen molar-refractivity contribution in [3.05, 3.63) is 29.6 Å². The van der Waals surface area contributed by atoms with E-state index in [1.165, 1.54) is 13.8 Å². The number of hydrogen-bond acceptors (Lipinski definition) is 2. The van der Waals surface area contributed by atoms with Crippen molar-refractivity contribution < 1.29 is 9.59 Å². The van der Waals surface area contributed by atoms with E-state index < -0.39 is 0 Å². The van der Waals surface area contributed by atoms with Crippen LogP contribution >= 0.6 is 0 Å². The van der Waals surface area contributed by atoms with Crippen LogP contribution in [0.25, 0.3) is 5.57 Å². The summed E-state index contributed by atoms with van der Waals surface area (Å²) in [6.07, 6.45) is 3.39. The number of Topliss-reactive ketones (excluding diaryl/α,β-unsaturated/α-hetero) is 2. The van der Waals surface area contributed by atoms with Crippen molar-refractivity contribution in [1.29, 1.82) is 0 Å². The lowest BCUT2D eigenvalue weighted by atomic mass is 10.0. The number of aromatic amines is 1. The van der Waals surface area contributed by atoms with Gasteiger partial charge in [-0.1, -0.05) is 6.08 Å². The third kappa shape index (κ3) is 1.82. The Bertz CT molecular complexity index is 399. The number of hydrogen-bond donors (Lipinski definition) is 1. The fourth-order valence-corrected chi connectivity index (χ4v) is 1.43. The monoisotopic (exact) mass is 191 g/mol. The maximum absolute atomic E-state index is 11.3. The number of H-pyrrole nitrogens is 1. The molecule has 1 aromatic heterocycles. The molecule has 0 spiro atoms. The predicted molar refractivity (Wildman–Crippen MR) is 55.1 cm³/mol. The highest BCUT2D eigenvalue weighted by atomic mass is 16.1. The molecule has 74 valence electrons. The van der Waals surface area contributed by atoms with Gasteiger partial charge in [0, 0.05) is 24.3 Å². The summed E-state index contributed by atoms with van der Waals surface area (Å²) in [6.45, 7) is 4.75. The number of nitrogens with one attached hydrogen (secondary N) is 1. The van der Waals surface area contributed by atoms with Crippen LogP contribution in [0.1, 0.15) is 36.8 Å². The summed E-state index contributed by atoms with van der Waals surface area (Å²) in [4.78, 5) is 25.3. The van der Waals surface area contributed by atoms with Gasteiger partial charge in [-0.25, -0.2) is 0 Å². The Balaban J connectivity index is 3.25. The second-order valence-corrected chi connectivity index (χ2v) is 3.08. The molecule has 0 saturated heterocycles. The molecule has 3 nitrogen and oxygen atoms in total. The van der Waals surface area contributed by atoms with Gasteiger partial charge in [0.25, 0.3) is 0 Å². The van der Waals surface area contributed by atoms with Crippen molar-refractivity contribution in [3.8, 4) is 0 Å². The fourth-order valence-electron chi connectivity index (χ4n) is 1.43. The van der Waals surface area contributed by atoms with Crippen LogP contribution in [-0.2, 0) is 4.79 Å². The van der Waals surface area contributed by atoms with Crippen LogP contribution in [0.15, 0.2) is 18.3 Å². The van der Waals surface area contributed by atoms with E-state index in [1.807, 2.05) is 0 Å². The normalized spacial score (nSPS) is 11.5. The number of carbonyl (C=O) groups excluding carboxylic acids is 2. The fraction of sp³-hybridized carbons (Fsp3) is 0.273. The van der Waals surface area contributed by atoms with Crippen LogP contribution in [0.4, 0.5) is 0 Å². The summed E-state index contributed by atoms with van der Waals surface area (Å²) in [7, 11) is 0. The Labute approximate surface area is 82.8 Å². The van der Waals surface area contributed by atoms with Gasteiger partial charge in [0.1, 0.15) is 0 Å². The Morgan fingerprint density at radius 2 is 2.00 bits per heavy atom. The van der Waals surface area contributed by atoms with Crippen molar-refractivity contribution in [1.82, 2.24) is 4.98 Å². The number of carbonyl (C=O) groups is 2. The topological polar surface area (TPSA) is 49.9 Å². The highest BCUT2D eigenvalue weighted by Gasteiger charge is 2.14. The Morgan fingerprint density at radius 1 is 1.36 bits per heavy atom. The zero-order chi connectivity index (χ0) is 10.7. The average molecular weight is 191 g/mol. The molecule has 0 aliphatic heterocycles. The van der Waals surface area contributed by atoms with Gasteiger partial charge >= 0.3 is 0 Å². The molecule has 0 amide bonds. The van der Waals surface area contributed by atoms with Crippen LogP contribution in [0.5, 0.6) is 0 Å². The van der Waals surface area contributed by atoms with E-state index in [2.05, 4.69) is 4.98 Å². The molecule has 1 N–H and O–H groups in total. The zero-order valence-electron chi connectivity index (χ0n) is 8.55. The van der Waals surface area contributed by atoms with Gasteiger partial charge in [-0.05, 0) is 19.9 Å². The van der Waals surface area contributed by atoms with Gasteiger partial charge < -0.3 is 4.98 Å². The Morgan fingerprint density at radius 3 is 2.43 bits per heavy atom. The average Bonchev–Trinajstić information content (AvgIpc) is 2.53. The van der Waals surface area contributed by atoms with Gasteiger partial charge in [0.2, 0.25) is 0 Å². The summed E-state index contributed by atoms with van der Waals surface area (Å²) < 4.78 is 0. The minimum Gasteiger partial charge on any atom is -0.358 e. The molecule has 0 aliphatic carbocycles. The van der Waals surface area contributed by atoms with E-state index in [4.69, 9.17) is 0 Å². The maximum atomic E-state index is 11.3. The third-order valence-electron chi connectivity index (χ3n) is 2.06. The molecule has 0 aromatic carbocycles. The molecule has 0 saturated carbocycles. The van der Waals surface area contributed by atoms with Crippen molar-refractivity contribution in [2.45, 2.75) is 20.8 Å². The first kappa shape index (κ1) is 10.4. The molecule has 0 unspecified atom stereocenters. The van der Waals surface area contributed by atoms with E-state index in [-0.39, 0.29) is 11.6 Å². The van der Waals surface area contributed by atoms with Gasteiger partial charge in [-0.3, -0.25) is 9.59 Å². The number of rotatable bonds is 3. The van der Waals surface area contributed by atoms with Crippen LogP contribution in [-0.4, -0.2) is 16.6 Å². The number of aromatic nitrogens is 1. The molecule has 0 radical (unpaired) electrons. The van der Waals surface area contributed by atoms with Crippen molar-refractivity contribution in [2.75, 3.05) is 0 Å². The zero-order valence-corrected chi connectivity index (χ0v) is 8.55. The van der Waals surface area contributed by atoms with E-state index in [0.29, 0.717) is 16.8 Å². The maximum Gasteiger partial charge on any atom is 0.176 e. The van der Waals surface area contributed by atoms with E-state index in [1.54, 1.807) is 25.3 Å². The quantitative estimate of drug-likeness (QED) is 0.588. The minimum atomic E-state index is -0.0643. The number of allylic oxidation sites excluding steroid dienone is 2. The van der Waals surface area contributed by atoms with Crippen molar-refractivity contribution in [2.24, 2.45) is 0 Å². The summed E-state index contributed by atoms with van der Waals surface area (Å²) in [6, 6.07) is 1.74. The number of ketones is 2. The Kier molecular flexibility index (Phi) is 3.02. The largest absolute Gasteiger partial charge is 0.358 e. The van der Waals surface area contributed by atoms with Crippen LogP contribution in [0.3, 0.4) is 0 Å². The molecule has 1 heterocycles. The second kappa shape index (κ2) is 4.05. The summed E-state index contributed by atoms with van der Waals surface area (Å²) in [5.74, 6) is -0.0970. The lowest BCUT2D eigenvalue weighted by molar-refractivity contribution is -0.111. The van der Waals surface area contributed by atoms with E-state index in [0.717, 1.165) is 0 Å². The molecule has 1 rings (SSSR count). The molecule has 1 aromatic rings. The highest BCUT2D eigenvalue weighted by Crippen LogP contribution is 2.19. The molecular formula is C11H13NO2. The first-order valence-corrected chi connectivity index (χ1v) is 4.43. The van der Waals surface area contributed by atoms with E-state index >= 15 is 0 Å². The molecule has 0 fully saturated rings. The molecule has 0 atom stereocenters. The van der Waals surface area contributed by atoms with Crippen molar-refractivity contribution in [3.63, 3.8) is 0 Å². The van der Waals surface area contributed by atoms with Crippen LogP contribution < -0.4 is 0 Å². The van der Waals surface area contributed by atoms with Gasteiger partial charge in [0.15, 0.2) is 11.6 Å². The summed E-state index contributed by atoms with van der Waals surface area (Å²) >= 11 is 0. The second-order valence-electron chi connectivity index (χ2n) is 3.08. The van der Waals surface area contributed by atoms with E-state index in [9.17, 15) is 9.59 Å². The first-order valence-electron chi connectivity index (χ1n) is 4.43. The van der Waals surface area contributed by atoms with Crippen molar-refractivity contribution >= 4 is 17.1 Å². The minimum absolute atomic E-state index is 0.0328. The lowest BCUT2D eigenvalue weighted by Crippen LogP contribution is -2.02. The van der Waals surface area contributed by atoms with Gasteiger partial charge in [0.05, 0.1) is 5.69 Å². The summed E-state index contributed by atoms with van der Waals surface area (Å²) in [5, 5.41) is 0. The van der Waals surface area contributed by atoms with Gasteiger partial charge in [-0.15, -0.1) is 0 Å². The summed E-state index contributed by atoms with van der Waals surface area (Å²) in [5.41, 5.74) is 1.76. The Hall–Kier alpha value is -1.64. The van der Waals surface area contributed by atoms with Gasteiger partial charge in [-0.2, -0.15) is 0 Å². The highest BCUT2D eigenvalue weighted by molar-refractivity contribution is 6.21. The smallest absolute Gasteiger partial charge is 0.176 e. The lowest BCUT2D eigenvalue weighted by Gasteiger charge is -2.02. The third-order valence-corrected chi connectivity index (χ3v) is 2.06. The molecule has 0 bridgehead atoms.